The zero-order valence-electron chi connectivity index (χ0n) is 10.8. The molecule has 5 heteroatoms. The minimum Gasteiger partial charge on any atom is -0.523 e. The van der Waals surface area contributed by atoms with E-state index in [0.717, 1.165) is 5.12 Å². The average molecular weight is 228 g/mol. The van der Waals surface area contributed by atoms with E-state index < -0.39 is 0 Å². The highest BCUT2D eigenvalue weighted by atomic mass is 16.7. The van der Waals surface area contributed by atoms with Gasteiger partial charge in [0, 0.05) is 0 Å². The summed E-state index contributed by atoms with van der Waals surface area (Å²) >= 11 is 0. The number of hydrogen-bond donors (Lipinski definition) is 2. The number of hydrogen-bond acceptors (Lipinski definition) is 3. The van der Waals surface area contributed by atoms with Crippen molar-refractivity contribution in [3.8, 4) is 0 Å². The third-order valence-electron chi connectivity index (χ3n) is 3.07. The van der Waals surface area contributed by atoms with E-state index in [1.165, 1.54) is 19.3 Å². The Bertz CT molecular complexity index is 224. The van der Waals surface area contributed by atoms with Crippen molar-refractivity contribution in [2.75, 3.05) is 6.54 Å². The number of piperidine rings is 1. The van der Waals surface area contributed by atoms with Gasteiger partial charge in [0.2, 0.25) is 5.90 Å². The molecule has 0 aromatic heterocycles. The number of rotatable bonds is 1. The molecule has 3 unspecified atom stereocenters. The molecule has 0 spiro atoms. The Morgan fingerprint density at radius 2 is 1.88 bits per heavy atom. The Kier molecular flexibility index (Phi) is 5.18. The van der Waals surface area contributed by atoms with Gasteiger partial charge in [-0.25, -0.2) is 5.59 Å². The lowest BCUT2D eigenvalue weighted by Crippen LogP contribution is -3.15. The van der Waals surface area contributed by atoms with Crippen molar-refractivity contribution in [3.05, 3.63) is 5.59 Å². The van der Waals surface area contributed by atoms with Crippen LogP contribution < -0.4 is 5.12 Å². The van der Waals surface area contributed by atoms with E-state index in [2.05, 4.69) is 24.4 Å². The summed E-state index contributed by atoms with van der Waals surface area (Å²) in [7, 11) is 0. The van der Waals surface area contributed by atoms with Crippen molar-refractivity contribution in [1.29, 1.82) is 5.41 Å². The summed E-state index contributed by atoms with van der Waals surface area (Å²) < 4.78 is 0. The van der Waals surface area contributed by atoms with Crippen LogP contribution in [0.25, 0.3) is 5.59 Å². The number of quaternary nitrogens is 1. The van der Waals surface area contributed by atoms with E-state index in [-0.39, 0.29) is 5.90 Å². The quantitative estimate of drug-likeness (QED) is 0.710. The maximum Gasteiger partial charge on any atom is 0.227 e. The summed E-state index contributed by atoms with van der Waals surface area (Å²) in [6.45, 7) is 9.01. The highest BCUT2D eigenvalue weighted by Gasteiger charge is 2.32. The first kappa shape index (κ1) is 13.4. The van der Waals surface area contributed by atoms with Crippen molar-refractivity contribution in [2.24, 2.45) is 0 Å². The van der Waals surface area contributed by atoms with Crippen LogP contribution in [0.1, 0.15) is 47.0 Å². The number of nitrogens with zero attached hydrogens (tertiary/aromatic N) is 2. The third kappa shape index (κ3) is 2.93. The van der Waals surface area contributed by atoms with Crippen molar-refractivity contribution < 1.29 is 9.96 Å². The summed E-state index contributed by atoms with van der Waals surface area (Å²) in [6, 6.07) is 1.07. The Morgan fingerprint density at radius 3 is 2.31 bits per heavy atom. The van der Waals surface area contributed by atoms with E-state index in [1.54, 1.807) is 0 Å². The minimum atomic E-state index is 0.268. The second-order valence-corrected chi connectivity index (χ2v) is 4.23. The van der Waals surface area contributed by atoms with Crippen LogP contribution in [0.2, 0.25) is 0 Å². The first-order chi connectivity index (χ1) is 7.68. The maximum absolute atomic E-state index is 7.37. The van der Waals surface area contributed by atoms with Crippen molar-refractivity contribution >= 4 is 5.90 Å². The summed E-state index contributed by atoms with van der Waals surface area (Å²) in [5.74, 6) is 0.268. The smallest absolute Gasteiger partial charge is 0.227 e. The zero-order chi connectivity index (χ0) is 12.1. The van der Waals surface area contributed by atoms with Gasteiger partial charge in [-0.3, -0.25) is 10.5 Å². The van der Waals surface area contributed by atoms with Crippen LogP contribution >= 0.6 is 0 Å². The van der Waals surface area contributed by atoms with Crippen LogP contribution in [0, 0.1) is 5.41 Å². The molecular formula is C11H24N4O. The Hall–Kier alpha value is -0.650. The van der Waals surface area contributed by atoms with Crippen LogP contribution in [0.15, 0.2) is 0 Å². The Labute approximate surface area is 98.1 Å². The fraction of sp³-hybridized carbons (Fsp3) is 0.909. The molecule has 2 N–H and O–H groups in total. The largest absolute Gasteiger partial charge is 0.523 e. The molecule has 16 heavy (non-hydrogen) atoms. The fourth-order valence-corrected chi connectivity index (χ4v) is 2.38. The molecule has 0 aromatic carbocycles. The normalized spacial score (nSPS) is 35.2. The Morgan fingerprint density at radius 1 is 1.31 bits per heavy atom. The zero-order valence-corrected chi connectivity index (χ0v) is 10.8. The molecule has 2 aliphatic heterocycles. The van der Waals surface area contributed by atoms with Crippen LogP contribution in [0.3, 0.4) is 0 Å². The molecule has 2 heterocycles. The van der Waals surface area contributed by atoms with Gasteiger partial charge >= 0.3 is 0 Å². The lowest BCUT2D eigenvalue weighted by Gasteiger charge is -2.43. The molecule has 2 saturated heterocycles. The predicted molar refractivity (Wildman–Crippen MR) is 64.0 cm³/mol. The molecule has 0 amide bonds. The lowest BCUT2D eigenvalue weighted by molar-refractivity contribution is -0.988. The van der Waals surface area contributed by atoms with Crippen LogP contribution in [-0.2, 0) is 4.84 Å². The first-order valence-corrected chi connectivity index (χ1v) is 6.28. The monoisotopic (exact) mass is 228 g/mol. The molecule has 2 aliphatic rings. The molecule has 2 rings (SSSR count). The van der Waals surface area contributed by atoms with E-state index in [4.69, 9.17) is 10.2 Å². The predicted octanol–water partition coefficient (Wildman–Crippen LogP) is 1.29. The first-order valence-electron chi connectivity index (χ1n) is 6.28. The van der Waals surface area contributed by atoms with Crippen LogP contribution in [0.4, 0.5) is 0 Å². The van der Waals surface area contributed by atoms with Gasteiger partial charge in [0.1, 0.15) is 0 Å². The van der Waals surface area contributed by atoms with E-state index in [0.29, 0.717) is 18.6 Å². The van der Waals surface area contributed by atoms with E-state index >= 15 is 0 Å². The summed E-state index contributed by atoms with van der Waals surface area (Å²) in [4.78, 5) is 4.84. The molecule has 0 bridgehead atoms. The summed E-state index contributed by atoms with van der Waals surface area (Å²) in [5, 5.41) is 10.6. The van der Waals surface area contributed by atoms with Gasteiger partial charge < -0.3 is 4.84 Å². The molecule has 0 aromatic rings. The Balaban J connectivity index is 0.000000606. The van der Waals surface area contributed by atoms with E-state index in [1.807, 2.05) is 13.8 Å². The second-order valence-electron chi connectivity index (χ2n) is 4.23. The molecule has 5 nitrogen and oxygen atoms in total. The third-order valence-corrected chi connectivity index (χ3v) is 3.07. The van der Waals surface area contributed by atoms with E-state index in [9.17, 15) is 0 Å². The molecule has 0 saturated carbocycles. The standard InChI is InChI=1S/C9H18N4O.C2H6/c1-7-4-3-5-8(2)13(7)12-6-9(10)14-11-12;1-2/h7-8,10,12H,3-6H2,1-2H3;1-2H3. The number of nitrogens with one attached hydrogen (secondary N) is 2. The van der Waals surface area contributed by atoms with Crippen LogP contribution in [0.5, 0.6) is 0 Å². The molecule has 3 atom stereocenters. The summed E-state index contributed by atoms with van der Waals surface area (Å²) in [6.07, 6.45) is 3.73. The van der Waals surface area contributed by atoms with Gasteiger partial charge in [0.05, 0.1) is 12.1 Å². The molecule has 2 fully saturated rings. The van der Waals surface area contributed by atoms with Crippen molar-refractivity contribution in [1.82, 2.24) is 5.01 Å². The molecule has 0 aliphatic carbocycles. The van der Waals surface area contributed by atoms with Gasteiger partial charge in [-0.05, 0) is 33.1 Å². The molecule has 0 radical (unpaired) electrons. The highest BCUT2D eigenvalue weighted by molar-refractivity contribution is 5.74. The minimum absolute atomic E-state index is 0.268. The molecule has 94 valence electrons. The fourth-order valence-electron chi connectivity index (χ4n) is 2.38. The second kappa shape index (κ2) is 6.18. The lowest BCUT2D eigenvalue weighted by atomic mass is 10.00. The van der Waals surface area contributed by atoms with Gasteiger partial charge in [0.25, 0.3) is 0 Å². The summed E-state index contributed by atoms with van der Waals surface area (Å²) in [5.41, 5.74) is 3.96. The molecular weight excluding hydrogens is 204 g/mol. The van der Waals surface area contributed by atoms with Gasteiger partial charge in [-0.15, -0.1) is 0 Å². The van der Waals surface area contributed by atoms with Crippen molar-refractivity contribution in [3.63, 3.8) is 0 Å². The SMILES string of the molecule is CC.CC1CCCC(C)N1[NH+]1CC(=N)O[N-]1. The van der Waals surface area contributed by atoms with Crippen molar-refractivity contribution in [2.45, 2.75) is 59.0 Å². The highest BCUT2D eigenvalue weighted by Crippen LogP contribution is 2.19. The van der Waals surface area contributed by atoms with Gasteiger partial charge in [0.15, 0.2) is 6.54 Å². The van der Waals surface area contributed by atoms with Gasteiger partial charge in [-0.2, -0.15) is 5.01 Å². The topological polar surface area (TPSA) is 54.9 Å². The maximum atomic E-state index is 7.37. The van der Waals surface area contributed by atoms with Gasteiger partial charge in [-0.1, -0.05) is 13.8 Å². The average Bonchev–Trinajstić information content (AvgIpc) is 2.68. The van der Waals surface area contributed by atoms with Crippen LogP contribution in [-0.4, -0.2) is 29.5 Å².